The smallest absolute Gasteiger partial charge is 0.0583 e. The maximum Gasteiger partial charge on any atom is 0.0583 e. The van der Waals surface area contributed by atoms with Crippen molar-refractivity contribution in [1.82, 2.24) is 4.90 Å². The zero-order valence-corrected chi connectivity index (χ0v) is 10.4. The second kappa shape index (κ2) is 5.99. The van der Waals surface area contributed by atoms with E-state index in [0.29, 0.717) is 12.0 Å². The first-order valence-electron chi connectivity index (χ1n) is 6.74. The lowest BCUT2D eigenvalue weighted by Gasteiger charge is -2.31. The maximum atomic E-state index is 9.99. The average Bonchev–Trinajstić information content (AvgIpc) is 2.87. The zero-order valence-electron chi connectivity index (χ0n) is 10.4. The monoisotopic (exact) mass is 227 g/mol. The molecule has 1 aliphatic carbocycles. The number of methoxy groups -OCH3 is 1. The molecule has 1 saturated carbocycles. The Morgan fingerprint density at radius 1 is 1.25 bits per heavy atom. The van der Waals surface area contributed by atoms with Gasteiger partial charge < -0.3 is 9.84 Å². The fourth-order valence-electron chi connectivity index (χ4n) is 3.44. The Hall–Kier alpha value is -0.120. The van der Waals surface area contributed by atoms with Gasteiger partial charge in [0.25, 0.3) is 0 Å². The third-order valence-electron chi connectivity index (χ3n) is 4.23. The van der Waals surface area contributed by atoms with E-state index in [-0.39, 0.29) is 6.10 Å². The van der Waals surface area contributed by atoms with Crippen LogP contribution in [-0.4, -0.2) is 49.0 Å². The Bertz CT molecular complexity index is 210. The number of ether oxygens (including phenoxy) is 1. The molecule has 2 fully saturated rings. The van der Waals surface area contributed by atoms with Crippen molar-refractivity contribution in [2.75, 3.05) is 26.8 Å². The summed E-state index contributed by atoms with van der Waals surface area (Å²) in [6, 6.07) is 0.648. The van der Waals surface area contributed by atoms with E-state index in [9.17, 15) is 5.11 Å². The van der Waals surface area contributed by atoms with Crippen LogP contribution in [0, 0.1) is 5.92 Å². The molecular weight excluding hydrogens is 202 g/mol. The highest BCUT2D eigenvalue weighted by Gasteiger charge is 2.37. The molecular formula is C13H25NO2. The van der Waals surface area contributed by atoms with E-state index in [4.69, 9.17) is 4.74 Å². The molecule has 0 radical (unpaired) electrons. The molecule has 2 rings (SSSR count). The minimum Gasteiger partial charge on any atom is -0.393 e. The van der Waals surface area contributed by atoms with Crippen molar-refractivity contribution >= 4 is 0 Å². The fraction of sp³-hybridized carbons (Fsp3) is 1.00. The lowest BCUT2D eigenvalue weighted by molar-refractivity contribution is 0.0704. The van der Waals surface area contributed by atoms with E-state index in [0.717, 1.165) is 26.0 Å². The molecule has 3 nitrogen and oxygen atoms in total. The predicted molar refractivity (Wildman–Crippen MR) is 64.4 cm³/mol. The molecule has 16 heavy (non-hydrogen) atoms. The highest BCUT2D eigenvalue weighted by Crippen LogP contribution is 2.35. The molecule has 0 bridgehead atoms. The van der Waals surface area contributed by atoms with Crippen LogP contribution in [0.2, 0.25) is 0 Å². The number of hydrogen-bond acceptors (Lipinski definition) is 3. The van der Waals surface area contributed by atoms with E-state index in [1.54, 1.807) is 7.11 Å². The van der Waals surface area contributed by atoms with Gasteiger partial charge in [0, 0.05) is 32.2 Å². The molecule has 0 aromatic carbocycles. The zero-order chi connectivity index (χ0) is 11.4. The molecule has 1 saturated heterocycles. The first-order chi connectivity index (χ1) is 7.83. The molecule has 0 aromatic heterocycles. The van der Waals surface area contributed by atoms with Gasteiger partial charge in [-0.3, -0.25) is 4.90 Å². The van der Waals surface area contributed by atoms with Crippen LogP contribution >= 0.6 is 0 Å². The highest BCUT2D eigenvalue weighted by atomic mass is 16.5. The molecule has 3 atom stereocenters. The number of hydrogen-bond donors (Lipinski definition) is 1. The standard InChI is InChI=1S/C13H25NO2/c1-16-10-4-9-14-8-3-6-12(14)11-5-2-7-13(11)15/h11-13,15H,2-10H2,1H3. The van der Waals surface area contributed by atoms with Crippen LogP contribution in [-0.2, 0) is 4.74 Å². The van der Waals surface area contributed by atoms with Crippen LogP contribution in [0.25, 0.3) is 0 Å². The summed E-state index contributed by atoms with van der Waals surface area (Å²) in [6.45, 7) is 3.22. The highest BCUT2D eigenvalue weighted by molar-refractivity contribution is 4.91. The number of aliphatic hydroxyl groups is 1. The van der Waals surface area contributed by atoms with Crippen molar-refractivity contribution in [2.45, 2.75) is 50.7 Å². The molecule has 1 N–H and O–H groups in total. The van der Waals surface area contributed by atoms with Gasteiger partial charge in [-0.05, 0) is 38.6 Å². The molecule has 1 aliphatic heterocycles. The summed E-state index contributed by atoms with van der Waals surface area (Å²) in [6.07, 6.45) is 7.15. The topological polar surface area (TPSA) is 32.7 Å². The minimum absolute atomic E-state index is 0.0342. The molecule has 3 heteroatoms. The predicted octanol–water partition coefficient (Wildman–Crippen LogP) is 1.65. The van der Waals surface area contributed by atoms with Crippen LogP contribution in [0.3, 0.4) is 0 Å². The Morgan fingerprint density at radius 2 is 2.12 bits per heavy atom. The van der Waals surface area contributed by atoms with Gasteiger partial charge in [0.2, 0.25) is 0 Å². The van der Waals surface area contributed by atoms with Crippen molar-refractivity contribution in [3.63, 3.8) is 0 Å². The lowest BCUT2D eigenvalue weighted by Crippen LogP contribution is -2.39. The van der Waals surface area contributed by atoms with Crippen molar-refractivity contribution in [2.24, 2.45) is 5.92 Å². The average molecular weight is 227 g/mol. The van der Waals surface area contributed by atoms with E-state index in [1.807, 2.05) is 0 Å². The van der Waals surface area contributed by atoms with E-state index >= 15 is 0 Å². The third-order valence-corrected chi connectivity index (χ3v) is 4.23. The summed E-state index contributed by atoms with van der Waals surface area (Å²) in [4.78, 5) is 2.58. The molecule has 0 aromatic rings. The van der Waals surface area contributed by atoms with Crippen LogP contribution in [0.15, 0.2) is 0 Å². The normalized spacial score (nSPS) is 36.0. The van der Waals surface area contributed by atoms with Crippen molar-refractivity contribution < 1.29 is 9.84 Å². The van der Waals surface area contributed by atoms with Gasteiger partial charge in [-0.25, -0.2) is 0 Å². The van der Waals surface area contributed by atoms with E-state index in [1.165, 1.54) is 32.2 Å². The molecule has 2 aliphatic rings. The first kappa shape index (κ1) is 12.3. The Labute approximate surface area is 98.8 Å². The number of nitrogens with zero attached hydrogens (tertiary/aromatic N) is 1. The molecule has 3 unspecified atom stereocenters. The fourth-order valence-corrected chi connectivity index (χ4v) is 3.44. The van der Waals surface area contributed by atoms with E-state index in [2.05, 4.69) is 4.90 Å². The Morgan fingerprint density at radius 3 is 2.81 bits per heavy atom. The van der Waals surface area contributed by atoms with Crippen molar-refractivity contribution in [3.8, 4) is 0 Å². The number of likely N-dealkylation sites (tertiary alicyclic amines) is 1. The van der Waals surface area contributed by atoms with Crippen LogP contribution in [0.1, 0.15) is 38.5 Å². The summed E-state index contributed by atoms with van der Waals surface area (Å²) < 4.78 is 5.11. The van der Waals surface area contributed by atoms with Crippen LogP contribution in [0.4, 0.5) is 0 Å². The SMILES string of the molecule is COCCCN1CCCC1C1CCCC1O. The summed E-state index contributed by atoms with van der Waals surface area (Å²) in [7, 11) is 1.77. The second-order valence-corrected chi connectivity index (χ2v) is 5.25. The van der Waals surface area contributed by atoms with E-state index < -0.39 is 0 Å². The maximum absolute atomic E-state index is 9.99. The molecule has 0 amide bonds. The molecule has 94 valence electrons. The Balaban J connectivity index is 1.82. The quantitative estimate of drug-likeness (QED) is 0.725. The van der Waals surface area contributed by atoms with Gasteiger partial charge in [0.15, 0.2) is 0 Å². The third kappa shape index (κ3) is 2.76. The Kier molecular flexibility index (Phi) is 4.62. The van der Waals surface area contributed by atoms with Gasteiger partial charge in [0.1, 0.15) is 0 Å². The summed E-state index contributed by atoms with van der Waals surface area (Å²) in [5.41, 5.74) is 0. The first-order valence-corrected chi connectivity index (χ1v) is 6.74. The lowest BCUT2D eigenvalue weighted by atomic mass is 9.94. The van der Waals surface area contributed by atoms with Crippen molar-refractivity contribution in [1.29, 1.82) is 0 Å². The van der Waals surface area contributed by atoms with Crippen molar-refractivity contribution in [3.05, 3.63) is 0 Å². The van der Waals surface area contributed by atoms with Gasteiger partial charge in [0.05, 0.1) is 6.10 Å². The second-order valence-electron chi connectivity index (χ2n) is 5.25. The minimum atomic E-state index is -0.0342. The van der Waals surface area contributed by atoms with Gasteiger partial charge in [-0.15, -0.1) is 0 Å². The molecule has 0 spiro atoms. The van der Waals surface area contributed by atoms with Gasteiger partial charge >= 0.3 is 0 Å². The summed E-state index contributed by atoms with van der Waals surface area (Å²) in [5.74, 6) is 0.546. The largest absolute Gasteiger partial charge is 0.393 e. The van der Waals surface area contributed by atoms with Crippen LogP contribution < -0.4 is 0 Å². The van der Waals surface area contributed by atoms with Gasteiger partial charge in [-0.2, -0.15) is 0 Å². The summed E-state index contributed by atoms with van der Waals surface area (Å²) in [5, 5.41) is 9.99. The van der Waals surface area contributed by atoms with Gasteiger partial charge in [-0.1, -0.05) is 6.42 Å². The van der Waals surface area contributed by atoms with Crippen LogP contribution in [0.5, 0.6) is 0 Å². The summed E-state index contributed by atoms with van der Waals surface area (Å²) >= 11 is 0. The molecule has 1 heterocycles. The number of aliphatic hydroxyl groups excluding tert-OH is 1. The number of rotatable bonds is 5.